The third kappa shape index (κ3) is 3.08. The molecule has 1 aromatic heterocycles. The number of fused-ring (bicyclic) bond motifs is 1. The van der Waals surface area contributed by atoms with Crippen molar-refractivity contribution in [3.8, 4) is 5.75 Å². The molecule has 1 aliphatic rings. The predicted molar refractivity (Wildman–Crippen MR) is 84.5 cm³/mol. The van der Waals surface area contributed by atoms with Gasteiger partial charge >= 0.3 is 0 Å². The summed E-state index contributed by atoms with van der Waals surface area (Å²) >= 11 is 0. The zero-order chi connectivity index (χ0) is 14.7. The molecule has 3 rings (SSSR count). The minimum absolute atomic E-state index is 0.487. The molecule has 1 N–H and O–H groups in total. The Morgan fingerprint density at radius 1 is 1.33 bits per heavy atom. The lowest BCUT2D eigenvalue weighted by Crippen LogP contribution is -2.21. The molecule has 1 aromatic carbocycles. The van der Waals surface area contributed by atoms with E-state index in [2.05, 4.69) is 41.5 Å². The van der Waals surface area contributed by atoms with E-state index < -0.39 is 0 Å². The van der Waals surface area contributed by atoms with Crippen LogP contribution >= 0.6 is 0 Å². The Balaban J connectivity index is 1.74. The number of pyridine rings is 1. The van der Waals surface area contributed by atoms with Crippen LogP contribution in [0.4, 0.5) is 0 Å². The van der Waals surface area contributed by atoms with Gasteiger partial charge in [0, 0.05) is 12.2 Å². The van der Waals surface area contributed by atoms with Crippen molar-refractivity contribution in [1.29, 1.82) is 0 Å². The molecule has 3 nitrogen and oxygen atoms in total. The Morgan fingerprint density at radius 3 is 3.05 bits per heavy atom. The first-order valence-electron chi connectivity index (χ1n) is 7.61. The summed E-state index contributed by atoms with van der Waals surface area (Å²) in [5, 5.41) is 3.39. The zero-order valence-corrected chi connectivity index (χ0v) is 12.7. The fraction of sp³-hybridized carbons (Fsp3) is 0.389. The molecule has 3 heteroatoms. The van der Waals surface area contributed by atoms with Gasteiger partial charge in [-0.1, -0.05) is 12.1 Å². The van der Waals surface area contributed by atoms with Crippen LogP contribution in [0.5, 0.6) is 5.75 Å². The first-order valence-corrected chi connectivity index (χ1v) is 7.61. The average molecular weight is 282 g/mol. The van der Waals surface area contributed by atoms with E-state index in [1.54, 1.807) is 0 Å². The Labute approximate surface area is 126 Å². The molecule has 21 heavy (non-hydrogen) atoms. The molecule has 110 valence electrons. The van der Waals surface area contributed by atoms with Gasteiger partial charge in [0.05, 0.1) is 5.69 Å². The monoisotopic (exact) mass is 282 g/mol. The maximum absolute atomic E-state index is 5.92. The molecule has 1 unspecified atom stereocenters. The molecule has 0 spiro atoms. The summed E-state index contributed by atoms with van der Waals surface area (Å²) in [7, 11) is 2.04. The lowest BCUT2D eigenvalue weighted by atomic mass is 9.87. The Bertz CT molecular complexity index is 624. The maximum atomic E-state index is 5.92. The van der Waals surface area contributed by atoms with Gasteiger partial charge in [-0.15, -0.1) is 0 Å². The van der Waals surface area contributed by atoms with Crippen LogP contribution in [0, 0.1) is 6.92 Å². The fourth-order valence-electron chi connectivity index (χ4n) is 3.00. The summed E-state index contributed by atoms with van der Waals surface area (Å²) in [5.74, 6) is 0.940. The molecule has 1 atom stereocenters. The standard InChI is InChI=1S/C18H22N2O/c1-13-5-4-10-20-18(13)12-21-15-8-9-16-14(11-15)6-3-7-17(16)19-2/h4-5,8-11,17,19H,3,6-7,12H2,1-2H3. The van der Waals surface area contributed by atoms with Crippen molar-refractivity contribution in [1.82, 2.24) is 10.3 Å². The molecule has 0 fully saturated rings. The van der Waals surface area contributed by atoms with Crippen LogP contribution < -0.4 is 10.1 Å². The Kier molecular flexibility index (Phi) is 4.20. The highest BCUT2D eigenvalue weighted by Gasteiger charge is 2.18. The largest absolute Gasteiger partial charge is 0.487 e. The first kappa shape index (κ1) is 14.1. The minimum Gasteiger partial charge on any atom is -0.487 e. The second-order valence-corrected chi connectivity index (χ2v) is 5.65. The molecule has 0 saturated heterocycles. The van der Waals surface area contributed by atoms with E-state index in [0.29, 0.717) is 12.6 Å². The third-order valence-electron chi connectivity index (χ3n) is 4.27. The normalized spacial score (nSPS) is 17.3. The van der Waals surface area contributed by atoms with Crippen molar-refractivity contribution in [3.63, 3.8) is 0 Å². The number of hydrogen-bond acceptors (Lipinski definition) is 3. The summed E-state index contributed by atoms with van der Waals surface area (Å²) < 4.78 is 5.92. The SMILES string of the molecule is CNC1CCCc2cc(OCc3ncccc3C)ccc21. The summed E-state index contributed by atoms with van der Waals surface area (Å²) in [5.41, 5.74) is 5.01. The Hall–Kier alpha value is -1.87. The smallest absolute Gasteiger partial charge is 0.130 e. The van der Waals surface area contributed by atoms with Gasteiger partial charge < -0.3 is 10.1 Å². The van der Waals surface area contributed by atoms with E-state index in [-0.39, 0.29) is 0 Å². The van der Waals surface area contributed by atoms with Crippen molar-refractivity contribution < 1.29 is 4.74 Å². The summed E-state index contributed by atoms with van der Waals surface area (Å²) in [6, 6.07) is 11.0. The maximum Gasteiger partial charge on any atom is 0.130 e. The Morgan fingerprint density at radius 2 is 2.24 bits per heavy atom. The van der Waals surface area contributed by atoms with Gasteiger partial charge in [0.2, 0.25) is 0 Å². The van der Waals surface area contributed by atoms with Crippen LogP contribution in [0.3, 0.4) is 0 Å². The van der Waals surface area contributed by atoms with Gasteiger partial charge in [0.25, 0.3) is 0 Å². The van der Waals surface area contributed by atoms with Crippen LogP contribution in [0.25, 0.3) is 0 Å². The lowest BCUT2D eigenvalue weighted by molar-refractivity contribution is 0.299. The van der Waals surface area contributed by atoms with E-state index in [9.17, 15) is 0 Å². The van der Waals surface area contributed by atoms with Gasteiger partial charge in [-0.2, -0.15) is 0 Å². The van der Waals surface area contributed by atoms with E-state index >= 15 is 0 Å². The fourth-order valence-corrected chi connectivity index (χ4v) is 3.00. The van der Waals surface area contributed by atoms with Crippen molar-refractivity contribution >= 4 is 0 Å². The topological polar surface area (TPSA) is 34.1 Å². The van der Waals surface area contributed by atoms with Crippen LogP contribution in [-0.4, -0.2) is 12.0 Å². The van der Waals surface area contributed by atoms with Gasteiger partial charge in [0.15, 0.2) is 0 Å². The van der Waals surface area contributed by atoms with E-state index in [4.69, 9.17) is 4.74 Å². The van der Waals surface area contributed by atoms with Crippen molar-refractivity contribution in [3.05, 3.63) is 58.9 Å². The zero-order valence-electron chi connectivity index (χ0n) is 12.7. The second-order valence-electron chi connectivity index (χ2n) is 5.65. The lowest BCUT2D eigenvalue weighted by Gasteiger charge is -2.25. The molecular formula is C18H22N2O. The first-order chi connectivity index (χ1) is 10.3. The predicted octanol–water partition coefficient (Wildman–Crippen LogP) is 3.57. The molecule has 0 amide bonds. The van der Waals surface area contributed by atoms with Crippen molar-refractivity contribution in [2.24, 2.45) is 0 Å². The number of hydrogen-bond donors (Lipinski definition) is 1. The molecule has 1 heterocycles. The van der Waals surface area contributed by atoms with Gasteiger partial charge in [-0.25, -0.2) is 0 Å². The molecule has 1 aliphatic carbocycles. The van der Waals surface area contributed by atoms with Gasteiger partial charge in [0.1, 0.15) is 12.4 Å². The van der Waals surface area contributed by atoms with Gasteiger partial charge in [-0.3, -0.25) is 4.98 Å². The molecule has 0 radical (unpaired) electrons. The molecule has 2 aromatic rings. The average Bonchev–Trinajstić information content (AvgIpc) is 2.53. The molecule has 0 aliphatic heterocycles. The van der Waals surface area contributed by atoms with E-state index in [0.717, 1.165) is 17.9 Å². The van der Waals surface area contributed by atoms with Crippen LogP contribution in [0.1, 0.15) is 41.3 Å². The summed E-state index contributed by atoms with van der Waals surface area (Å²) in [6.07, 6.45) is 5.42. The van der Waals surface area contributed by atoms with Crippen LogP contribution in [0.2, 0.25) is 0 Å². The highest BCUT2D eigenvalue weighted by atomic mass is 16.5. The highest BCUT2D eigenvalue weighted by molar-refractivity contribution is 5.39. The number of benzene rings is 1. The summed E-state index contributed by atoms with van der Waals surface area (Å²) in [4.78, 5) is 4.37. The third-order valence-corrected chi connectivity index (χ3v) is 4.27. The quantitative estimate of drug-likeness (QED) is 0.931. The van der Waals surface area contributed by atoms with Crippen molar-refractivity contribution in [2.75, 3.05) is 7.05 Å². The number of ether oxygens (including phenoxy) is 1. The minimum atomic E-state index is 0.487. The number of nitrogens with zero attached hydrogens (tertiary/aromatic N) is 1. The number of rotatable bonds is 4. The molecular weight excluding hydrogens is 260 g/mol. The number of aryl methyl sites for hydroxylation is 2. The van der Waals surface area contributed by atoms with Crippen LogP contribution in [0.15, 0.2) is 36.5 Å². The van der Waals surface area contributed by atoms with E-state index in [1.165, 1.54) is 29.5 Å². The summed E-state index contributed by atoms with van der Waals surface area (Å²) in [6.45, 7) is 2.59. The van der Waals surface area contributed by atoms with Crippen molar-refractivity contribution in [2.45, 2.75) is 38.8 Å². The number of nitrogens with one attached hydrogen (secondary N) is 1. The van der Waals surface area contributed by atoms with Gasteiger partial charge in [-0.05, 0) is 68.1 Å². The highest BCUT2D eigenvalue weighted by Crippen LogP contribution is 2.32. The second kappa shape index (κ2) is 6.27. The van der Waals surface area contributed by atoms with E-state index in [1.807, 2.05) is 19.3 Å². The molecule has 0 bridgehead atoms. The molecule has 0 saturated carbocycles. The number of aromatic nitrogens is 1. The van der Waals surface area contributed by atoms with Crippen LogP contribution in [-0.2, 0) is 13.0 Å².